The Kier molecular flexibility index (Phi) is 3.06. The van der Waals surface area contributed by atoms with Crippen LogP contribution in [0.5, 0.6) is 0 Å². The molecule has 0 bridgehead atoms. The van der Waals surface area contributed by atoms with Crippen LogP contribution >= 0.6 is 0 Å². The fourth-order valence-corrected chi connectivity index (χ4v) is 3.79. The predicted molar refractivity (Wildman–Crippen MR) is 75.8 cm³/mol. The quantitative estimate of drug-likeness (QED) is 0.801. The lowest BCUT2D eigenvalue weighted by atomic mass is 9.65. The monoisotopic (exact) mass is 263 g/mol. The van der Waals surface area contributed by atoms with E-state index in [4.69, 9.17) is 0 Å². The van der Waals surface area contributed by atoms with E-state index in [1.807, 2.05) is 0 Å². The first kappa shape index (κ1) is 12.9. The van der Waals surface area contributed by atoms with Gasteiger partial charge in [0.05, 0.1) is 6.04 Å². The van der Waals surface area contributed by atoms with Crippen LogP contribution in [0.4, 0.5) is 0 Å². The third-order valence-electron chi connectivity index (χ3n) is 4.92. The van der Waals surface area contributed by atoms with Crippen molar-refractivity contribution in [2.24, 2.45) is 22.7 Å². The zero-order valence-corrected chi connectivity index (χ0v) is 12.2. The van der Waals surface area contributed by atoms with Gasteiger partial charge in [0.1, 0.15) is 5.54 Å². The molecule has 1 amide bonds. The number of guanidine groups is 1. The lowest BCUT2D eigenvalue weighted by Gasteiger charge is -2.43. The molecule has 2 N–H and O–H groups in total. The van der Waals surface area contributed by atoms with Gasteiger partial charge in [-0.1, -0.05) is 27.2 Å². The third-order valence-corrected chi connectivity index (χ3v) is 4.92. The maximum Gasteiger partial charge on any atom is 0.252 e. The molecule has 1 spiro atoms. The molecule has 4 heteroatoms. The molecular formula is C15H25N3O. The average Bonchev–Trinajstić information content (AvgIpc) is 3.06. The van der Waals surface area contributed by atoms with Gasteiger partial charge in [0.25, 0.3) is 5.91 Å². The van der Waals surface area contributed by atoms with Crippen molar-refractivity contribution in [2.45, 2.75) is 64.5 Å². The van der Waals surface area contributed by atoms with E-state index in [1.165, 1.54) is 6.42 Å². The molecule has 106 valence electrons. The maximum atomic E-state index is 12.6. The summed E-state index contributed by atoms with van der Waals surface area (Å²) in [6, 6.07) is 0.441. The second-order valence-electron chi connectivity index (χ2n) is 7.00. The van der Waals surface area contributed by atoms with Gasteiger partial charge in [-0.15, -0.1) is 0 Å². The lowest BCUT2D eigenvalue weighted by Crippen LogP contribution is -2.57. The van der Waals surface area contributed by atoms with Crippen molar-refractivity contribution in [1.29, 1.82) is 0 Å². The van der Waals surface area contributed by atoms with Crippen LogP contribution in [0.2, 0.25) is 0 Å². The molecule has 3 atom stereocenters. The molecule has 1 aliphatic heterocycles. The van der Waals surface area contributed by atoms with Crippen LogP contribution in [-0.4, -0.2) is 23.4 Å². The van der Waals surface area contributed by atoms with Gasteiger partial charge in [-0.05, 0) is 43.4 Å². The van der Waals surface area contributed by atoms with E-state index in [-0.39, 0.29) is 5.91 Å². The van der Waals surface area contributed by atoms with Crippen molar-refractivity contribution in [2.75, 3.05) is 0 Å². The molecule has 0 aromatic rings. The number of hydrogen-bond donors (Lipinski definition) is 2. The number of amides is 1. The Morgan fingerprint density at radius 1 is 1.26 bits per heavy atom. The number of carbonyl (C=O) groups excluding carboxylic acids is 1. The third kappa shape index (κ3) is 2.26. The Hall–Kier alpha value is -1.06. The molecule has 3 aliphatic rings. The molecule has 3 unspecified atom stereocenters. The molecule has 3 fully saturated rings. The molecule has 0 radical (unpaired) electrons. The van der Waals surface area contributed by atoms with Crippen molar-refractivity contribution in [3.05, 3.63) is 0 Å². The van der Waals surface area contributed by atoms with E-state index in [9.17, 15) is 4.79 Å². The normalized spacial score (nSPS) is 40.8. The van der Waals surface area contributed by atoms with Gasteiger partial charge in [-0.2, -0.15) is 0 Å². The number of rotatable bonds is 2. The minimum atomic E-state index is -0.403. The SMILES string of the molecule is CC1CCC(C(C)C)C2(C1)NC(=NC1CC1)NC2=O. The first-order chi connectivity index (χ1) is 9.01. The van der Waals surface area contributed by atoms with Gasteiger partial charge in [-0.3, -0.25) is 10.1 Å². The van der Waals surface area contributed by atoms with Crippen molar-refractivity contribution in [3.63, 3.8) is 0 Å². The highest BCUT2D eigenvalue weighted by Crippen LogP contribution is 2.42. The number of hydrogen-bond acceptors (Lipinski definition) is 2. The molecule has 4 nitrogen and oxygen atoms in total. The molecule has 1 saturated heterocycles. The van der Waals surface area contributed by atoms with Gasteiger partial charge in [0.2, 0.25) is 0 Å². The van der Waals surface area contributed by atoms with Crippen molar-refractivity contribution in [1.82, 2.24) is 10.6 Å². The number of aliphatic imine (C=N–C) groups is 1. The maximum absolute atomic E-state index is 12.6. The zero-order chi connectivity index (χ0) is 13.6. The molecule has 0 aromatic heterocycles. The summed E-state index contributed by atoms with van der Waals surface area (Å²) >= 11 is 0. The minimum absolute atomic E-state index is 0.150. The standard InChI is InChI=1S/C15H25N3O/c1-9(2)12-7-4-10(3)8-15(12)13(19)17-14(18-15)16-11-5-6-11/h9-12H,4-8H2,1-3H3,(H2,16,17,18,19). The Morgan fingerprint density at radius 3 is 2.63 bits per heavy atom. The van der Waals surface area contributed by atoms with Crippen LogP contribution in [-0.2, 0) is 4.79 Å². The molecule has 19 heavy (non-hydrogen) atoms. The Balaban J connectivity index is 1.87. The highest BCUT2D eigenvalue weighted by atomic mass is 16.2. The average molecular weight is 263 g/mol. The summed E-state index contributed by atoms with van der Waals surface area (Å²) in [7, 11) is 0. The van der Waals surface area contributed by atoms with Crippen LogP contribution in [0.3, 0.4) is 0 Å². The smallest absolute Gasteiger partial charge is 0.252 e. The van der Waals surface area contributed by atoms with E-state index in [1.54, 1.807) is 0 Å². The molecular weight excluding hydrogens is 238 g/mol. The second kappa shape index (κ2) is 4.50. The van der Waals surface area contributed by atoms with Crippen LogP contribution in [0.15, 0.2) is 4.99 Å². The van der Waals surface area contributed by atoms with Crippen LogP contribution in [0.25, 0.3) is 0 Å². The summed E-state index contributed by atoms with van der Waals surface area (Å²) in [5.74, 6) is 2.42. The minimum Gasteiger partial charge on any atom is -0.341 e. The summed E-state index contributed by atoms with van der Waals surface area (Å²) in [6.45, 7) is 6.71. The van der Waals surface area contributed by atoms with Gasteiger partial charge in [-0.25, -0.2) is 4.99 Å². The van der Waals surface area contributed by atoms with Gasteiger partial charge in [0.15, 0.2) is 5.96 Å². The molecule has 2 saturated carbocycles. The Labute approximate surface area is 115 Å². The molecule has 0 aromatic carbocycles. The number of nitrogens with zero attached hydrogens (tertiary/aromatic N) is 1. The number of carbonyl (C=O) groups is 1. The predicted octanol–water partition coefficient (Wildman–Crippen LogP) is 2.06. The van der Waals surface area contributed by atoms with E-state index >= 15 is 0 Å². The summed E-state index contributed by atoms with van der Waals surface area (Å²) in [5, 5.41) is 6.47. The van der Waals surface area contributed by atoms with Crippen molar-refractivity contribution < 1.29 is 4.79 Å². The summed E-state index contributed by atoms with van der Waals surface area (Å²) in [6.07, 6.45) is 5.63. The van der Waals surface area contributed by atoms with Crippen molar-refractivity contribution in [3.8, 4) is 0 Å². The van der Waals surface area contributed by atoms with Crippen molar-refractivity contribution >= 4 is 11.9 Å². The van der Waals surface area contributed by atoms with Crippen LogP contribution in [0.1, 0.15) is 52.9 Å². The second-order valence-corrected chi connectivity index (χ2v) is 7.00. The fourth-order valence-electron chi connectivity index (χ4n) is 3.79. The van der Waals surface area contributed by atoms with Gasteiger partial charge in [0, 0.05) is 0 Å². The van der Waals surface area contributed by atoms with E-state index in [0.29, 0.717) is 23.8 Å². The van der Waals surface area contributed by atoms with E-state index in [0.717, 1.165) is 31.6 Å². The van der Waals surface area contributed by atoms with Crippen LogP contribution < -0.4 is 10.6 Å². The fraction of sp³-hybridized carbons (Fsp3) is 0.867. The molecule has 1 heterocycles. The van der Waals surface area contributed by atoms with Gasteiger partial charge >= 0.3 is 0 Å². The largest absolute Gasteiger partial charge is 0.341 e. The summed E-state index contributed by atoms with van der Waals surface area (Å²) in [5.41, 5.74) is -0.403. The molecule has 3 rings (SSSR count). The Bertz CT molecular complexity index is 414. The highest BCUT2D eigenvalue weighted by Gasteiger charge is 2.54. The Morgan fingerprint density at radius 2 is 2.00 bits per heavy atom. The van der Waals surface area contributed by atoms with E-state index in [2.05, 4.69) is 36.4 Å². The molecule has 2 aliphatic carbocycles. The topological polar surface area (TPSA) is 53.5 Å². The van der Waals surface area contributed by atoms with Gasteiger partial charge < -0.3 is 5.32 Å². The lowest BCUT2D eigenvalue weighted by molar-refractivity contribution is -0.129. The van der Waals surface area contributed by atoms with E-state index < -0.39 is 5.54 Å². The highest BCUT2D eigenvalue weighted by molar-refractivity contribution is 6.09. The summed E-state index contributed by atoms with van der Waals surface area (Å²) in [4.78, 5) is 17.1. The number of nitrogens with one attached hydrogen (secondary N) is 2. The first-order valence-corrected chi connectivity index (χ1v) is 7.68. The first-order valence-electron chi connectivity index (χ1n) is 7.68. The van der Waals surface area contributed by atoms with Crippen LogP contribution in [0, 0.1) is 17.8 Å². The summed E-state index contributed by atoms with van der Waals surface area (Å²) < 4.78 is 0. The zero-order valence-electron chi connectivity index (χ0n) is 12.2.